The van der Waals surface area contributed by atoms with E-state index in [0.717, 1.165) is 23.5 Å². The van der Waals surface area contributed by atoms with Crippen molar-refractivity contribution in [2.75, 3.05) is 26.3 Å². The predicted octanol–water partition coefficient (Wildman–Crippen LogP) is 1.80. The van der Waals surface area contributed by atoms with E-state index in [2.05, 4.69) is 9.97 Å². The number of carbonyl (C=O) groups is 1. The summed E-state index contributed by atoms with van der Waals surface area (Å²) in [5.74, 6) is 0.463. The molecule has 2 aromatic heterocycles. The molecule has 3 heterocycles. The molecule has 0 unspecified atom stereocenters. The number of rotatable bonds is 4. The van der Waals surface area contributed by atoms with Crippen LogP contribution in [0.5, 0.6) is 0 Å². The van der Waals surface area contributed by atoms with Gasteiger partial charge in [0.05, 0.1) is 19.6 Å². The SMILES string of the molecule is O=C(Cc1cccs1)N1CCOC[C@H](Cc2ccncn2)C1. The third-order valence-electron chi connectivity index (χ3n) is 3.74. The van der Waals surface area contributed by atoms with Gasteiger partial charge in [-0.05, 0) is 23.9 Å². The fraction of sp³-hybridized carbons (Fsp3) is 0.438. The number of carbonyl (C=O) groups excluding carboxylic acids is 1. The van der Waals surface area contributed by atoms with Crippen LogP contribution in [-0.4, -0.2) is 47.1 Å². The standard InChI is InChI=1S/C16H19N3O2S/c20-16(9-15-2-1-7-22-15)19-5-6-21-11-13(10-19)8-14-3-4-17-12-18-14/h1-4,7,12-13H,5-6,8-11H2/t13-/m1/s1. The lowest BCUT2D eigenvalue weighted by atomic mass is 10.0. The third kappa shape index (κ3) is 4.11. The molecule has 3 rings (SSSR count). The summed E-state index contributed by atoms with van der Waals surface area (Å²) >= 11 is 1.63. The Bertz CT molecular complexity index is 589. The lowest BCUT2D eigenvalue weighted by molar-refractivity contribution is -0.130. The molecule has 22 heavy (non-hydrogen) atoms. The highest BCUT2D eigenvalue weighted by molar-refractivity contribution is 7.10. The van der Waals surface area contributed by atoms with Gasteiger partial charge in [-0.2, -0.15) is 0 Å². The molecule has 0 spiro atoms. The van der Waals surface area contributed by atoms with Crippen LogP contribution in [0.4, 0.5) is 0 Å². The van der Waals surface area contributed by atoms with Crippen LogP contribution in [-0.2, 0) is 22.4 Å². The van der Waals surface area contributed by atoms with E-state index in [0.29, 0.717) is 26.2 Å². The van der Waals surface area contributed by atoms with Crippen molar-refractivity contribution in [3.63, 3.8) is 0 Å². The molecular weight excluding hydrogens is 298 g/mol. The van der Waals surface area contributed by atoms with Gasteiger partial charge in [0.1, 0.15) is 6.33 Å². The molecule has 0 N–H and O–H groups in total. The molecule has 6 heteroatoms. The lowest BCUT2D eigenvalue weighted by Crippen LogP contribution is -2.37. The normalized spacial score (nSPS) is 18.9. The summed E-state index contributed by atoms with van der Waals surface area (Å²) in [7, 11) is 0. The first-order valence-electron chi connectivity index (χ1n) is 7.44. The fourth-order valence-corrected chi connectivity index (χ4v) is 3.33. The van der Waals surface area contributed by atoms with E-state index in [9.17, 15) is 4.79 Å². The van der Waals surface area contributed by atoms with Gasteiger partial charge in [-0.15, -0.1) is 11.3 Å². The maximum absolute atomic E-state index is 12.5. The summed E-state index contributed by atoms with van der Waals surface area (Å²) < 4.78 is 5.66. The molecule has 0 aromatic carbocycles. The minimum Gasteiger partial charge on any atom is -0.379 e. The number of nitrogens with zero attached hydrogens (tertiary/aromatic N) is 3. The topological polar surface area (TPSA) is 55.3 Å². The van der Waals surface area contributed by atoms with Crippen molar-refractivity contribution in [3.05, 3.63) is 46.7 Å². The van der Waals surface area contributed by atoms with Crippen molar-refractivity contribution >= 4 is 17.2 Å². The van der Waals surface area contributed by atoms with Gasteiger partial charge >= 0.3 is 0 Å². The minimum absolute atomic E-state index is 0.181. The van der Waals surface area contributed by atoms with Gasteiger partial charge in [-0.1, -0.05) is 6.07 Å². The number of hydrogen-bond donors (Lipinski definition) is 0. The van der Waals surface area contributed by atoms with E-state index in [-0.39, 0.29) is 11.8 Å². The van der Waals surface area contributed by atoms with Gasteiger partial charge < -0.3 is 9.64 Å². The molecule has 0 radical (unpaired) electrons. The Morgan fingerprint density at radius 1 is 1.45 bits per heavy atom. The lowest BCUT2D eigenvalue weighted by Gasteiger charge is -2.23. The molecule has 116 valence electrons. The van der Waals surface area contributed by atoms with Crippen molar-refractivity contribution in [1.82, 2.24) is 14.9 Å². The number of amides is 1. The van der Waals surface area contributed by atoms with Gasteiger partial charge in [0.2, 0.25) is 5.91 Å². The molecule has 2 aromatic rings. The molecule has 1 atom stereocenters. The van der Waals surface area contributed by atoms with Crippen LogP contribution in [0.25, 0.3) is 0 Å². The van der Waals surface area contributed by atoms with E-state index in [1.54, 1.807) is 23.9 Å². The summed E-state index contributed by atoms with van der Waals surface area (Å²) in [4.78, 5) is 23.7. The van der Waals surface area contributed by atoms with Gasteiger partial charge in [0.15, 0.2) is 0 Å². The van der Waals surface area contributed by atoms with E-state index in [1.807, 2.05) is 28.5 Å². The zero-order chi connectivity index (χ0) is 15.2. The van der Waals surface area contributed by atoms with Crippen LogP contribution < -0.4 is 0 Å². The van der Waals surface area contributed by atoms with Crippen LogP contribution >= 0.6 is 11.3 Å². The molecule has 1 saturated heterocycles. The molecule has 0 saturated carbocycles. The van der Waals surface area contributed by atoms with Gasteiger partial charge in [0, 0.05) is 35.8 Å². The Labute approximate surface area is 134 Å². The molecule has 1 aliphatic rings. The highest BCUT2D eigenvalue weighted by Crippen LogP contribution is 2.15. The van der Waals surface area contributed by atoms with Crippen LogP contribution in [0.1, 0.15) is 10.6 Å². The molecule has 0 bridgehead atoms. The highest BCUT2D eigenvalue weighted by Gasteiger charge is 2.23. The summed E-state index contributed by atoms with van der Waals surface area (Å²) in [6, 6.07) is 5.91. The fourth-order valence-electron chi connectivity index (χ4n) is 2.64. The second-order valence-corrected chi connectivity index (χ2v) is 6.47. The largest absolute Gasteiger partial charge is 0.379 e. The second kappa shape index (κ2) is 7.47. The molecule has 0 aliphatic carbocycles. The monoisotopic (exact) mass is 317 g/mol. The predicted molar refractivity (Wildman–Crippen MR) is 84.6 cm³/mol. The van der Waals surface area contributed by atoms with Crippen LogP contribution in [0.15, 0.2) is 36.1 Å². The second-order valence-electron chi connectivity index (χ2n) is 5.44. The maximum atomic E-state index is 12.5. The summed E-state index contributed by atoms with van der Waals surface area (Å²) in [6.07, 6.45) is 4.61. The molecule has 5 nitrogen and oxygen atoms in total. The number of aromatic nitrogens is 2. The van der Waals surface area contributed by atoms with Crippen LogP contribution in [0.3, 0.4) is 0 Å². The molecular formula is C16H19N3O2S. The van der Waals surface area contributed by atoms with Crippen molar-refractivity contribution in [2.45, 2.75) is 12.8 Å². The Kier molecular flexibility index (Phi) is 5.13. The third-order valence-corrected chi connectivity index (χ3v) is 4.61. The zero-order valence-corrected chi connectivity index (χ0v) is 13.2. The molecule has 1 fully saturated rings. The quantitative estimate of drug-likeness (QED) is 0.863. The summed E-state index contributed by atoms with van der Waals surface area (Å²) in [5.41, 5.74) is 0.996. The molecule has 1 aliphatic heterocycles. The Morgan fingerprint density at radius 3 is 3.18 bits per heavy atom. The zero-order valence-electron chi connectivity index (χ0n) is 12.4. The average Bonchev–Trinajstić information content (AvgIpc) is 2.93. The average molecular weight is 317 g/mol. The van der Waals surface area contributed by atoms with Crippen molar-refractivity contribution < 1.29 is 9.53 Å². The Morgan fingerprint density at radius 2 is 2.41 bits per heavy atom. The van der Waals surface area contributed by atoms with Crippen LogP contribution in [0.2, 0.25) is 0 Å². The Hall–Kier alpha value is -1.79. The summed E-state index contributed by atoms with van der Waals surface area (Å²) in [5, 5.41) is 2.01. The van der Waals surface area contributed by atoms with Crippen LogP contribution in [0, 0.1) is 5.92 Å². The van der Waals surface area contributed by atoms with E-state index in [4.69, 9.17) is 4.74 Å². The van der Waals surface area contributed by atoms with E-state index >= 15 is 0 Å². The molecule has 1 amide bonds. The first-order valence-corrected chi connectivity index (χ1v) is 8.32. The van der Waals surface area contributed by atoms with E-state index in [1.165, 1.54) is 0 Å². The van der Waals surface area contributed by atoms with Crippen molar-refractivity contribution in [3.8, 4) is 0 Å². The number of hydrogen-bond acceptors (Lipinski definition) is 5. The van der Waals surface area contributed by atoms with Gasteiger partial charge in [0.25, 0.3) is 0 Å². The smallest absolute Gasteiger partial charge is 0.227 e. The first-order chi connectivity index (χ1) is 10.8. The Balaban J connectivity index is 1.61. The van der Waals surface area contributed by atoms with E-state index < -0.39 is 0 Å². The first kappa shape index (κ1) is 15.1. The summed E-state index contributed by atoms with van der Waals surface area (Å²) in [6.45, 7) is 2.68. The van der Waals surface area contributed by atoms with Crippen molar-refractivity contribution in [2.24, 2.45) is 5.92 Å². The number of ether oxygens (including phenoxy) is 1. The maximum Gasteiger partial charge on any atom is 0.227 e. The van der Waals surface area contributed by atoms with Gasteiger partial charge in [-0.25, -0.2) is 9.97 Å². The number of thiophene rings is 1. The van der Waals surface area contributed by atoms with Crippen molar-refractivity contribution in [1.29, 1.82) is 0 Å². The minimum atomic E-state index is 0.181. The highest BCUT2D eigenvalue weighted by atomic mass is 32.1. The van der Waals surface area contributed by atoms with Gasteiger partial charge in [-0.3, -0.25) is 4.79 Å².